The molecular formula is C20H20N6O2. The molecule has 0 amide bonds. The number of esters is 1. The Hall–Kier alpha value is -3.73. The molecular weight excluding hydrogens is 356 g/mol. The average molecular weight is 376 g/mol. The fraction of sp³-hybridized carbons (Fsp3) is 0.250. The van der Waals surface area contributed by atoms with Gasteiger partial charge in [-0.2, -0.15) is 10.4 Å². The molecule has 3 aromatic rings. The van der Waals surface area contributed by atoms with Crippen LogP contribution < -0.4 is 5.32 Å². The molecule has 0 saturated heterocycles. The summed E-state index contributed by atoms with van der Waals surface area (Å²) in [4.78, 5) is 20.4. The minimum Gasteiger partial charge on any atom is -0.466 e. The zero-order valence-electron chi connectivity index (χ0n) is 15.7. The molecule has 8 nitrogen and oxygen atoms in total. The van der Waals surface area contributed by atoms with Crippen LogP contribution in [-0.4, -0.2) is 32.3 Å². The summed E-state index contributed by atoms with van der Waals surface area (Å²) in [6.07, 6.45) is 5.23. The monoisotopic (exact) mass is 376 g/mol. The molecule has 0 fully saturated rings. The Kier molecular flexibility index (Phi) is 5.97. The van der Waals surface area contributed by atoms with Crippen molar-refractivity contribution in [2.24, 2.45) is 7.05 Å². The van der Waals surface area contributed by atoms with Gasteiger partial charge < -0.3 is 10.1 Å². The number of hydrogen-bond acceptors (Lipinski definition) is 7. The maximum atomic E-state index is 11.7. The van der Waals surface area contributed by atoms with Crippen molar-refractivity contribution in [2.45, 2.75) is 19.3 Å². The van der Waals surface area contributed by atoms with Crippen LogP contribution >= 0.6 is 0 Å². The van der Waals surface area contributed by atoms with Crippen LogP contribution in [0.25, 0.3) is 11.3 Å². The highest BCUT2D eigenvalue weighted by Crippen LogP contribution is 2.24. The van der Waals surface area contributed by atoms with E-state index in [-0.39, 0.29) is 12.4 Å². The molecule has 8 heteroatoms. The van der Waals surface area contributed by atoms with Gasteiger partial charge in [-0.3, -0.25) is 9.48 Å². The summed E-state index contributed by atoms with van der Waals surface area (Å²) in [6.45, 7) is 2.05. The molecule has 2 heterocycles. The highest BCUT2D eigenvalue weighted by molar-refractivity contribution is 5.71. The van der Waals surface area contributed by atoms with Crippen molar-refractivity contribution in [1.82, 2.24) is 19.7 Å². The SMILES string of the molecule is CCOC(=O)CC(C#N)c1ccc(-c2ccnc(Nc3cnn(C)c3)n2)cc1. The first-order valence-corrected chi connectivity index (χ1v) is 8.83. The van der Waals surface area contributed by atoms with Crippen molar-refractivity contribution in [1.29, 1.82) is 5.26 Å². The van der Waals surface area contributed by atoms with Gasteiger partial charge in [0, 0.05) is 25.0 Å². The smallest absolute Gasteiger partial charge is 0.307 e. The van der Waals surface area contributed by atoms with Crippen molar-refractivity contribution >= 4 is 17.6 Å². The molecule has 0 spiro atoms. The molecule has 0 bridgehead atoms. The predicted octanol–water partition coefficient (Wildman–Crippen LogP) is 3.18. The van der Waals surface area contributed by atoms with E-state index in [0.29, 0.717) is 12.6 Å². The summed E-state index contributed by atoms with van der Waals surface area (Å²) in [6, 6.07) is 11.4. The molecule has 1 N–H and O–H groups in total. The first-order valence-electron chi connectivity index (χ1n) is 8.83. The standard InChI is InChI=1S/C20H20N6O2/c1-3-28-19(27)10-16(11-21)14-4-6-15(7-5-14)18-8-9-22-20(25-18)24-17-12-23-26(2)13-17/h4-9,12-13,16H,3,10H2,1-2H3,(H,22,24,25). The Morgan fingerprint density at radius 2 is 2.11 bits per heavy atom. The van der Waals surface area contributed by atoms with Gasteiger partial charge in [0.15, 0.2) is 0 Å². The number of hydrogen-bond donors (Lipinski definition) is 1. The lowest BCUT2D eigenvalue weighted by Gasteiger charge is -2.10. The van der Waals surface area contributed by atoms with E-state index in [4.69, 9.17) is 4.74 Å². The fourth-order valence-corrected chi connectivity index (χ4v) is 2.71. The number of benzene rings is 1. The number of anilines is 2. The van der Waals surface area contributed by atoms with E-state index in [1.54, 1.807) is 24.0 Å². The Morgan fingerprint density at radius 1 is 1.32 bits per heavy atom. The van der Waals surface area contributed by atoms with Gasteiger partial charge >= 0.3 is 5.97 Å². The number of nitriles is 1. The number of rotatable bonds is 7. The molecule has 2 aromatic heterocycles. The van der Waals surface area contributed by atoms with Crippen molar-refractivity contribution in [2.75, 3.05) is 11.9 Å². The van der Waals surface area contributed by atoms with Crippen LogP contribution in [0.4, 0.5) is 11.6 Å². The van der Waals surface area contributed by atoms with Gasteiger partial charge in [0.2, 0.25) is 5.95 Å². The first-order chi connectivity index (χ1) is 13.6. The summed E-state index contributed by atoms with van der Waals surface area (Å²) in [5.41, 5.74) is 3.19. The van der Waals surface area contributed by atoms with E-state index >= 15 is 0 Å². The number of aromatic nitrogens is 4. The minimum absolute atomic E-state index is 0.0381. The van der Waals surface area contributed by atoms with E-state index in [0.717, 1.165) is 22.5 Å². The van der Waals surface area contributed by atoms with Gasteiger partial charge in [-0.25, -0.2) is 9.97 Å². The summed E-state index contributed by atoms with van der Waals surface area (Å²) < 4.78 is 6.62. The number of ether oxygens (including phenoxy) is 1. The first kappa shape index (κ1) is 19.0. The average Bonchev–Trinajstić information content (AvgIpc) is 3.11. The third-order valence-electron chi connectivity index (χ3n) is 4.06. The quantitative estimate of drug-likeness (QED) is 0.631. The second-order valence-corrected chi connectivity index (χ2v) is 6.11. The van der Waals surface area contributed by atoms with Crippen LogP contribution in [0.1, 0.15) is 24.8 Å². The molecule has 1 aromatic carbocycles. The zero-order chi connectivity index (χ0) is 19.9. The summed E-state index contributed by atoms with van der Waals surface area (Å²) in [7, 11) is 1.83. The fourth-order valence-electron chi connectivity index (χ4n) is 2.71. The molecule has 142 valence electrons. The Balaban J connectivity index is 1.75. The van der Waals surface area contributed by atoms with Crippen LogP contribution in [0.3, 0.4) is 0 Å². The van der Waals surface area contributed by atoms with Crippen LogP contribution in [0.15, 0.2) is 48.9 Å². The van der Waals surface area contributed by atoms with Gasteiger partial charge in [0.25, 0.3) is 0 Å². The van der Waals surface area contributed by atoms with Gasteiger partial charge in [0.05, 0.1) is 42.6 Å². The Labute approximate surface area is 162 Å². The third kappa shape index (κ3) is 4.71. The number of carbonyl (C=O) groups excluding carboxylic acids is 1. The Bertz CT molecular complexity index is 990. The molecule has 3 rings (SSSR count). The molecule has 28 heavy (non-hydrogen) atoms. The van der Waals surface area contributed by atoms with E-state index in [2.05, 4.69) is 26.5 Å². The second kappa shape index (κ2) is 8.77. The van der Waals surface area contributed by atoms with E-state index < -0.39 is 5.92 Å². The summed E-state index contributed by atoms with van der Waals surface area (Å²) in [5.74, 6) is -0.451. The number of carbonyl (C=O) groups is 1. The zero-order valence-corrected chi connectivity index (χ0v) is 15.7. The maximum absolute atomic E-state index is 11.7. The minimum atomic E-state index is -0.540. The van der Waals surface area contributed by atoms with Crippen LogP contribution in [0.2, 0.25) is 0 Å². The van der Waals surface area contributed by atoms with E-state index in [1.807, 2.05) is 43.6 Å². The molecule has 0 aliphatic rings. The van der Waals surface area contributed by atoms with Crippen molar-refractivity contribution < 1.29 is 9.53 Å². The van der Waals surface area contributed by atoms with Gasteiger partial charge in [-0.05, 0) is 18.6 Å². The van der Waals surface area contributed by atoms with Gasteiger partial charge in [-0.1, -0.05) is 24.3 Å². The number of aryl methyl sites for hydroxylation is 1. The Morgan fingerprint density at radius 3 is 2.75 bits per heavy atom. The van der Waals surface area contributed by atoms with Gasteiger partial charge in [-0.15, -0.1) is 0 Å². The molecule has 0 radical (unpaired) electrons. The molecule has 0 aliphatic carbocycles. The van der Waals surface area contributed by atoms with Crippen LogP contribution in [-0.2, 0) is 16.6 Å². The van der Waals surface area contributed by atoms with E-state index in [9.17, 15) is 10.1 Å². The van der Waals surface area contributed by atoms with E-state index in [1.165, 1.54) is 0 Å². The maximum Gasteiger partial charge on any atom is 0.307 e. The molecule has 0 saturated carbocycles. The van der Waals surface area contributed by atoms with Gasteiger partial charge in [0.1, 0.15) is 0 Å². The summed E-state index contributed by atoms with van der Waals surface area (Å²) in [5, 5.41) is 16.6. The van der Waals surface area contributed by atoms with Crippen LogP contribution in [0.5, 0.6) is 0 Å². The highest BCUT2D eigenvalue weighted by atomic mass is 16.5. The molecule has 0 aliphatic heterocycles. The normalized spacial score (nSPS) is 11.5. The lowest BCUT2D eigenvalue weighted by atomic mass is 9.96. The summed E-state index contributed by atoms with van der Waals surface area (Å²) >= 11 is 0. The predicted molar refractivity (Wildman–Crippen MR) is 104 cm³/mol. The third-order valence-corrected chi connectivity index (χ3v) is 4.06. The van der Waals surface area contributed by atoms with Crippen molar-refractivity contribution in [3.63, 3.8) is 0 Å². The second-order valence-electron chi connectivity index (χ2n) is 6.11. The van der Waals surface area contributed by atoms with Crippen LogP contribution in [0, 0.1) is 11.3 Å². The number of nitrogens with zero attached hydrogens (tertiary/aromatic N) is 5. The number of nitrogens with one attached hydrogen (secondary N) is 1. The van der Waals surface area contributed by atoms with Crippen molar-refractivity contribution in [3.8, 4) is 17.3 Å². The lowest BCUT2D eigenvalue weighted by Crippen LogP contribution is -2.09. The van der Waals surface area contributed by atoms with Crippen molar-refractivity contribution in [3.05, 3.63) is 54.5 Å². The largest absolute Gasteiger partial charge is 0.466 e. The topological polar surface area (TPSA) is 106 Å². The molecule has 1 unspecified atom stereocenters. The molecule has 1 atom stereocenters. The lowest BCUT2D eigenvalue weighted by molar-refractivity contribution is -0.143. The highest BCUT2D eigenvalue weighted by Gasteiger charge is 2.16.